The predicted octanol–water partition coefficient (Wildman–Crippen LogP) is 4.53. The Labute approximate surface area is 210 Å². The van der Waals surface area contributed by atoms with E-state index in [0.717, 1.165) is 56.2 Å². The van der Waals surface area contributed by atoms with Crippen LogP contribution in [-0.2, 0) is 6.42 Å². The number of oxazole rings is 1. The summed E-state index contributed by atoms with van der Waals surface area (Å²) in [6, 6.07) is 9.55. The number of hydrogen-bond donors (Lipinski definition) is 2. The zero-order chi connectivity index (χ0) is 24.8. The summed E-state index contributed by atoms with van der Waals surface area (Å²) in [4.78, 5) is 32.1. The maximum atomic E-state index is 12.9. The number of fused-ring (bicyclic) bond motifs is 1. The van der Waals surface area contributed by atoms with E-state index in [1.807, 2.05) is 25.1 Å². The van der Waals surface area contributed by atoms with Crippen LogP contribution >= 0.6 is 11.6 Å². The number of piperazine rings is 1. The molecule has 0 spiro atoms. The second-order valence-corrected chi connectivity index (χ2v) is 9.41. The zero-order valence-corrected chi connectivity index (χ0v) is 21.2. The van der Waals surface area contributed by atoms with Crippen molar-refractivity contribution in [3.63, 3.8) is 0 Å². The Morgan fingerprint density at radius 2 is 1.97 bits per heavy atom. The first-order valence-corrected chi connectivity index (χ1v) is 12.6. The lowest BCUT2D eigenvalue weighted by Gasteiger charge is -2.37. The van der Waals surface area contributed by atoms with Crippen molar-refractivity contribution in [2.24, 2.45) is 0 Å². The molecular weight excluding hydrogens is 464 g/mol. The molecule has 0 radical (unpaired) electrons. The van der Waals surface area contributed by atoms with Gasteiger partial charge in [-0.05, 0) is 69.5 Å². The molecule has 2 heterocycles. The van der Waals surface area contributed by atoms with Gasteiger partial charge in [-0.2, -0.15) is 0 Å². The van der Waals surface area contributed by atoms with Crippen LogP contribution in [0.15, 0.2) is 51.7 Å². The fourth-order valence-corrected chi connectivity index (χ4v) is 4.78. The Bertz CT molecular complexity index is 1260. The third-order valence-corrected chi connectivity index (χ3v) is 6.80. The monoisotopic (exact) mass is 496 g/mol. The Balaban J connectivity index is 1.23. The van der Waals surface area contributed by atoms with E-state index in [4.69, 9.17) is 16.0 Å². The highest BCUT2D eigenvalue weighted by Gasteiger charge is 2.19. The summed E-state index contributed by atoms with van der Waals surface area (Å²) in [5.41, 5.74) is 4.82. The van der Waals surface area contributed by atoms with Gasteiger partial charge in [-0.3, -0.25) is 14.7 Å². The molecule has 2 N–H and O–H groups in total. The van der Waals surface area contributed by atoms with E-state index in [1.165, 1.54) is 11.3 Å². The van der Waals surface area contributed by atoms with Crippen LogP contribution < -0.4 is 16.0 Å². The van der Waals surface area contributed by atoms with Crippen LogP contribution in [0.4, 0.5) is 5.69 Å². The lowest BCUT2D eigenvalue weighted by atomic mass is 10.0. The Hall–Kier alpha value is -3.03. The summed E-state index contributed by atoms with van der Waals surface area (Å²) in [5.74, 6) is -0.649. The number of hydrogen-bond acceptors (Lipinski definition) is 5. The third kappa shape index (κ3) is 6.16. The molecule has 1 amide bonds. The molecule has 35 heavy (non-hydrogen) atoms. The van der Waals surface area contributed by atoms with Crippen molar-refractivity contribution in [2.45, 2.75) is 33.1 Å². The number of nitrogens with one attached hydrogen (secondary N) is 2. The molecule has 0 saturated carbocycles. The predicted molar refractivity (Wildman–Crippen MR) is 142 cm³/mol. The van der Waals surface area contributed by atoms with E-state index < -0.39 is 5.76 Å². The largest absolute Gasteiger partial charge is 0.417 e. The van der Waals surface area contributed by atoms with Crippen LogP contribution in [0, 0.1) is 6.92 Å². The molecule has 7 nitrogen and oxygen atoms in total. The molecular formula is C27H33ClN4O3. The van der Waals surface area contributed by atoms with E-state index in [2.05, 4.69) is 39.2 Å². The van der Waals surface area contributed by atoms with Crippen molar-refractivity contribution < 1.29 is 9.21 Å². The topological polar surface area (TPSA) is 81.6 Å². The van der Waals surface area contributed by atoms with Gasteiger partial charge in [0.25, 0.3) is 5.91 Å². The van der Waals surface area contributed by atoms with Crippen LogP contribution in [0.5, 0.6) is 0 Å². The van der Waals surface area contributed by atoms with Crippen molar-refractivity contribution in [1.29, 1.82) is 0 Å². The highest BCUT2D eigenvalue weighted by molar-refractivity contribution is 6.30. The van der Waals surface area contributed by atoms with Crippen molar-refractivity contribution >= 4 is 34.3 Å². The number of carbonyl (C=O) groups is 1. The number of aryl methyl sites for hydroxylation is 1. The maximum absolute atomic E-state index is 12.9. The Morgan fingerprint density at radius 3 is 2.74 bits per heavy atom. The minimum atomic E-state index is -0.511. The molecule has 1 aliphatic heterocycles. The summed E-state index contributed by atoms with van der Waals surface area (Å²) in [6.07, 6.45) is 6.32. The number of H-pyrrole nitrogens is 1. The summed E-state index contributed by atoms with van der Waals surface area (Å²) in [5, 5.41) is 3.81. The molecule has 186 valence electrons. The summed E-state index contributed by atoms with van der Waals surface area (Å²) >= 11 is 6.19. The molecule has 8 heteroatoms. The molecule has 1 saturated heterocycles. The van der Waals surface area contributed by atoms with Crippen molar-refractivity contribution in [3.05, 3.63) is 74.7 Å². The first kappa shape index (κ1) is 25.1. The van der Waals surface area contributed by atoms with Crippen molar-refractivity contribution in [1.82, 2.24) is 15.2 Å². The van der Waals surface area contributed by atoms with E-state index >= 15 is 0 Å². The van der Waals surface area contributed by atoms with Gasteiger partial charge in [0.1, 0.15) is 0 Å². The van der Waals surface area contributed by atoms with E-state index in [0.29, 0.717) is 29.6 Å². The van der Waals surface area contributed by atoms with Crippen molar-refractivity contribution in [3.8, 4) is 0 Å². The average Bonchev–Trinajstić information content (AvgIpc) is 3.24. The highest BCUT2D eigenvalue weighted by Crippen LogP contribution is 2.25. The van der Waals surface area contributed by atoms with Crippen LogP contribution in [0.25, 0.3) is 11.1 Å². The van der Waals surface area contributed by atoms with Gasteiger partial charge in [0, 0.05) is 54.6 Å². The van der Waals surface area contributed by atoms with Gasteiger partial charge >= 0.3 is 5.76 Å². The van der Waals surface area contributed by atoms with Gasteiger partial charge in [0.2, 0.25) is 0 Å². The first-order valence-electron chi connectivity index (χ1n) is 12.2. The van der Waals surface area contributed by atoms with Gasteiger partial charge in [-0.25, -0.2) is 4.79 Å². The molecule has 1 aliphatic rings. The van der Waals surface area contributed by atoms with Gasteiger partial charge in [0.15, 0.2) is 5.58 Å². The third-order valence-electron chi connectivity index (χ3n) is 6.57. The molecule has 0 bridgehead atoms. The average molecular weight is 497 g/mol. The summed E-state index contributed by atoms with van der Waals surface area (Å²) in [6.45, 7) is 9.70. The molecule has 0 unspecified atom stereocenters. The lowest BCUT2D eigenvalue weighted by molar-refractivity contribution is 0.0951. The lowest BCUT2D eigenvalue weighted by Crippen LogP contribution is -2.46. The Morgan fingerprint density at radius 1 is 1.17 bits per heavy atom. The molecule has 0 aliphatic carbocycles. The van der Waals surface area contributed by atoms with Crippen molar-refractivity contribution in [2.75, 3.05) is 44.2 Å². The fraction of sp³-hybridized carbons (Fsp3) is 0.407. The van der Waals surface area contributed by atoms with E-state index in [-0.39, 0.29) is 5.91 Å². The van der Waals surface area contributed by atoms with Crippen LogP contribution in [0.3, 0.4) is 0 Å². The summed E-state index contributed by atoms with van der Waals surface area (Å²) < 4.78 is 5.30. The fourth-order valence-electron chi connectivity index (χ4n) is 4.62. The number of halogens is 1. The summed E-state index contributed by atoms with van der Waals surface area (Å²) in [7, 11) is 0. The van der Waals surface area contributed by atoms with Gasteiger partial charge < -0.3 is 14.6 Å². The van der Waals surface area contributed by atoms with Crippen LogP contribution in [0.2, 0.25) is 5.02 Å². The zero-order valence-electron chi connectivity index (χ0n) is 20.4. The minimum absolute atomic E-state index is 0.138. The molecule has 4 rings (SSSR count). The van der Waals surface area contributed by atoms with Crippen LogP contribution in [-0.4, -0.2) is 55.1 Å². The van der Waals surface area contributed by atoms with E-state index in [1.54, 1.807) is 12.1 Å². The quantitative estimate of drug-likeness (QED) is 0.336. The van der Waals surface area contributed by atoms with E-state index in [9.17, 15) is 9.59 Å². The second kappa shape index (κ2) is 11.6. The molecule has 0 atom stereocenters. The molecule has 1 aromatic heterocycles. The minimum Gasteiger partial charge on any atom is -0.408 e. The number of amides is 1. The first-order chi connectivity index (χ1) is 17.0. The number of rotatable bonds is 9. The van der Waals surface area contributed by atoms with Gasteiger partial charge in [-0.1, -0.05) is 29.8 Å². The number of aromatic nitrogens is 1. The normalized spacial score (nSPS) is 14.8. The number of unbranched alkanes of at least 4 members (excludes halogenated alkanes) is 1. The molecule has 1 fully saturated rings. The SMILES string of the molecule is C/C=C/Cc1c(C(=O)NCCCCN2CCN(c3cc(Cl)ccc3C)CC2)ccc2[nH]c(=O)oc12. The number of carbonyl (C=O) groups excluding carboxylic acids is 1. The molecule has 2 aromatic carbocycles. The number of nitrogens with zero attached hydrogens (tertiary/aromatic N) is 2. The smallest absolute Gasteiger partial charge is 0.408 e. The number of benzene rings is 2. The number of aromatic amines is 1. The maximum Gasteiger partial charge on any atom is 0.417 e. The standard InChI is InChI=1S/C27H33ClN4O3/c1-3-4-7-21-22(10-11-23-25(21)35-27(34)30-23)26(33)29-12-5-6-13-31-14-16-32(17-15-31)24-18-20(28)9-8-19(24)2/h3-4,8-11,18H,5-7,12-17H2,1-2H3,(H,29,33)(H,30,34)/b4-3+. The van der Waals surface area contributed by atoms with Crippen LogP contribution in [0.1, 0.15) is 41.3 Å². The van der Waals surface area contributed by atoms with Gasteiger partial charge in [-0.15, -0.1) is 0 Å². The number of allylic oxidation sites excluding steroid dienone is 2. The second-order valence-electron chi connectivity index (χ2n) is 8.98. The Kier molecular flexibility index (Phi) is 8.31. The molecule has 3 aromatic rings. The highest BCUT2D eigenvalue weighted by atomic mass is 35.5. The number of anilines is 1. The van der Waals surface area contributed by atoms with Gasteiger partial charge in [0.05, 0.1) is 5.52 Å².